The third-order valence-corrected chi connectivity index (χ3v) is 7.23. The summed E-state index contributed by atoms with van der Waals surface area (Å²) >= 11 is 11.9. The number of carbonyl (C=O) groups excluding carboxylic acids is 1. The number of sulfonamides is 1. The van der Waals surface area contributed by atoms with Crippen molar-refractivity contribution < 1.29 is 27.1 Å². The summed E-state index contributed by atoms with van der Waals surface area (Å²) in [5.41, 5.74) is -0.954. The molecule has 1 fully saturated rings. The largest absolute Gasteiger partial charge is 0.493 e. The number of hydrogen-bond donors (Lipinski definition) is 0. The van der Waals surface area contributed by atoms with Crippen molar-refractivity contribution in [1.82, 2.24) is 4.31 Å². The first-order valence-electron chi connectivity index (χ1n) is 8.97. The molecule has 7 nitrogen and oxygen atoms in total. The third kappa shape index (κ3) is 5.10. The molecule has 0 spiro atoms. The molecule has 3 rings (SSSR count). The average molecular weight is 487 g/mol. The molecule has 1 aliphatic heterocycles. The Morgan fingerprint density at radius 1 is 1.23 bits per heavy atom. The number of halogens is 3. The Kier molecular flexibility index (Phi) is 6.76. The van der Waals surface area contributed by atoms with Crippen LogP contribution in [0.3, 0.4) is 0 Å². The number of nitrogens with zero attached hydrogens (tertiary/aromatic N) is 2. The summed E-state index contributed by atoms with van der Waals surface area (Å²) in [6.45, 7) is 1.12. The average Bonchev–Trinajstić information content (AvgIpc) is 2.66. The van der Waals surface area contributed by atoms with E-state index in [1.54, 1.807) is 6.07 Å². The Hall–Kier alpha value is -2.38. The topological polar surface area (TPSA) is 96.7 Å². The Morgan fingerprint density at radius 2 is 1.94 bits per heavy atom. The van der Waals surface area contributed by atoms with E-state index in [2.05, 4.69) is 0 Å². The summed E-state index contributed by atoms with van der Waals surface area (Å²) in [5, 5.41) is 9.11. The monoisotopic (exact) mass is 486 g/mol. The van der Waals surface area contributed by atoms with E-state index in [0.717, 1.165) is 6.07 Å². The van der Waals surface area contributed by atoms with Crippen molar-refractivity contribution >= 4 is 39.2 Å². The van der Waals surface area contributed by atoms with Crippen LogP contribution in [-0.2, 0) is 19.6 Å². The third-order valence-electron chi connectivity index (χ3n) is 4.72. The van der Waals surface area contributed by atoms with Crippen LogP contribution in [0.5, 0.6) is 5.75 Å². The van der Waals surface area contributed by atoms with E-state index in [1.807, 2.05) is 0 Å². The van der Waals surface area contributed by atoms with Gasteiger partial charge in [-0.05, 0) is 30.3 Å². The molecule has 11 heteroatoms. The van der Waals surface area contributed by atoms with E-state index in [-0.39, 0.29) is 47.5 Å². The zero-order chi connectivity index (χ0) is 22.8. The molecule has 0 bridgehead atoms. The molecule has 0 amide bonds. The second kappa shape index (κ2) is 9.01. The van der Waals surface area contributed by atoms with E-state index >= 15 is 0 Å². The lowest BCUT2D eigenvalue weighted by Crippen LogP contribution is -2.63. The van der Waals surface area contributed by atoms with Gasteiger partial charge in [0.25, 0.3) is 0 Å². The van der Waals surface area contributed by atoms with Gasteiger partial charge >= 0.3 is 5.97 Å². The molecule has 0 N–H and O–H groups in total. The van der Waals surface area contributed by atoms with Gasteiger partial charge in [0.2, 0.25) is 10.0 Å². The Bertz CT molecular complexity index is 1160. The summed E-state index contributed by atoms with van der Waals surface area (Å²) in [7, 11) is -3.91. The van der Waals surface area contributed by atoms with Crippen molar-refractivity contribution in [1.29, 1.82) is 5.26 Å². The minimum absolute atomic E-state index is 0.000327. The Morgan fingerprint density at radius 3 is 2.52 bits per heavy atom. The van der Waals surface area contributed by atoms with Gasteiger partial charge in [0.1, 0.15) is 29.1 Å². The lowest BCUT2D eigenvalue weighted by Gasteiger charge is -2.48. The minimum atomic E-state index is -3.91. The molecule has 1 aliphatic rings. The maximum absolute atomic E-state index is 13.8. The summed E-state index contributed by atoms with van der Waals surface area (Å²) in [6, 6.07) is 9.58. The predicted molar refractivity (Wildman–Crippen MR) is 111 cm³/mol. The number of ether oxygens (including phenoxy) is 2. The van der Waals surface area contributed by atoms with Crippen LogP contribution in [0.15, 0.2) is 41.3 Å². The molecule has 0 aliphatic carbocycles. The minimum Gasteiger partial charge on any atom is -0.493 e. The zero-order valence-corrected chi connectivity index (χ0v) is 18.6. The van der Waals surface area contributed by atoms with E-state index in [1.165, 1.54) is 41.6 Å². The maximum atomic E-state index is 13.8. The molecule has 1 heterocycles. The number of rotatable bonds is 7. The maximum Gasteiger partial charge on any atom is 0.302 e. The van der Waals surface area contributed by atoms with E-state index < -0.39 is 27.2 Å². The van der Waals surface area contributed by atoms with Crippen LogP contribution in [0.4, 0.5) is 4.39 Å². The highest BCUT2D eigenvalue weighted by molar-refractivity contribution is 7.89. The number of hydrogen-bond acceptors (Lipinski definition) is 6. The van der Waals surface area contributed by atoms with Crippen molar-refractivity contribution in [2.24, 2.45) is 5.41 Å². The van der Waals surface area contributed by atoms with Crippen molar-refractivity contribution in [2.75, 3.05) is 26.3 Å². The van der Waals surface area contributed by atoms with E-state index in [9.17, 15) is 17.6 Å². The van der Waals surface area contributed by atoms with Crippen LogP contribution in [0.25, 0.3) is 0 Å². The molecule has 0 unspecified atom stereocenters. The normalized spacial score (nSPS) is 15.6. The molecule has 1 saturated heterocycles. The number of esters is 1. The van der Waals surface area contributed by atoms with Gasteiger partial charge < -0.3 is 9.47 Å². The quantitative estimate of drug-likeness (QED) is 0.554. The number of carbonyl (C=O) groups is 1. The van der Waals surface area contributed by atoms with Crippen LogP contribution in [-0.4, -0.2) is 45.0 Å². The van der Waals surface area contributed by atoms with Crippen molar-refractivity contribution in [2.45, 2.75) is 11.8 Å². The summed E-state index contributed by atoms with van der Waals surface area (Å²) in [4.78, 5) is 11.2. The summed E-state index contributed by atoms with van der Waals surface area (Å²) < 4.78 is 51.6. The van der Waals surface area contributed by atoms with Gasteiger partial charge in [0.05, 0.1) is 22.6 Å². The Labute approximate surface area is 188 Å². The molecular weight excluding hydrogens is 470 g/mol. The first-order valence-corrected chi connectivity index (χ1v) is 11.2. The summed E-state index contributed by atoms with van der Waals surface area (Å²) in [5.74, 6) is -1.09. The molecule has 31 heavy (non-hydrogen) atoms. The summed E-state index contributed by atoms with van der Waals surface area (Å²) in [6.07, 6.45) is 0. The first kappa shape index (κ1) is 23.3. The van der Waals surface area contributed by atoms with Gasteiger partial charge in [-0.25, -0.2) is 12.8 Å². The fraction of sp³-hybridized carbons (Fsp3) is 0.300. The van der Waals surface area contributed by atoms with Crippen molar-refractivity contribution in [3.63, 3.8) is 0 Å². The standard InChI is InChI=1S/C20H17Cl2FN2O5S/c1-13(26)29-11-20(12-30-16-4-2-14(8-24)18(23)7-16)9-25(10-20)31(27,28)19-5-3-15(21)6-17(19)22/h2-7H,9-12H2,1H3. The first-order chi connectivity index (χ1) is 14.6. The van der Waals surface area contributed by atoms with Crippen LogP contribution >= 0.6 is 23.2 Å². The molecule has 2 aromatic rings. The van der Waals surface area contributed by atoms with Gasteiger partial charge in [-0.3, -0.25) is 4.79 Å². The molecule has 0 saturated carbocycles. The molecular formula is C20H17Cl2FN2O5S. The smallest absolute Gasteiger partial charge is 0.302 e. The van der Waals surface area contributed by atoms with Gasteiger partial charge in [0.15, 0.2) is 0 Å². The van der Waals surface area contributed by atoms with Gasteiger partial charge in [0, 0.05) is 31.1 Å². The number of benzene rings is 2. The Balaban J connectivity index is 1.76. The molecule has 0 aromatic heterocycles. The molecule has 2 aromatic carbocycles. The highest BCUT2D eigenvalue weighted by Gasteiger charge is 2.50. The van der Waals surface area contributed by atoms with Gasteiger partial charge in [-0.2, -0.15) is 9.57 Å². The van der Waals surface area contributed by atoms with Crippen molar-refractivity contribution in [3.8, 4) is 11.8 Å². The second-order valence-electron chi connectivity index (χ2n) is 7.17. The lowest BCUT2D eigenvalue weighted by atomic mass is 9.83. The highest BCUT2D eigenvalue weighted by atomic mass is 35.5. The fourth-order valence-corrected chi connectivity index (χ4v) is 5.50. The molecule has 0 radical (unpaired) electrons. The van der Waals surface area contributed by atoms with E-state index in [4.69, 9.17) is 37.9 Å². The SMILES string of the molecule is CC(=O)OCC1(COc2ccc(C#N)c(F)c2)CN(S(=O)(=O)c2ccc(Cl)cc2Cl)C1. The number of nitriles is 1. The lowest BCUT2D eigenvalue weighted by molar-refractivity contribution is -0.149. The zero-order valence-electron chi connectivity index (χ0n) is 16.3. The van der Waals surface area contributed by atoms with Gasteiger partial charge in [-0.15, -0.1) is 0 Å². The van der Waals surface area contributed by atoms with Crippen LogP contribution in [0, 0.1) is 22.6 Å². The van der Waals surface area contributed by atoms with Crippen LogP contribution < -0.4 is 4.74 Å². The second-order valence-corrected chi connectivity index (χ2v) is 9.92. The van der Waals surface area contributed by atoms with E-state index in [0.29, 0.717) is 5.02 Å². The highest BCUT2D eigenvalue weighted by Crippen LogP contribution is 2.38. The predicted octanol–water partition coefficient (Wildman–Crippen LogP) is 3.64. The molecule has 164 valence electrons. The van der Waals surface area contributed by atoms with Crippen LogP contribution in [0.2, 0.25) is 10.0 Å². The fourth-order valence-electron chi connectivity index (χ4n) is 3.09. The van der Waals surface area contributed by atoms with Crippen molar-refractivity contribution in [3.05, 3.63) is 57.8 Å². The van der Waals surface area contributed by atoms with Gasteiger partial charge in [-0.1, -0.05) is 23.2 Å². The molecule has 0 atom stereocenters. The van der Waals surface area contributed by atoms with Crippen LogP contribution in [0.1, 0.15) is 12.5 Å².